The zero-order chi connectivity index (χ0) is 19.9. The normalized spacial score (nSPS) is 11.0. The number of ether oxygens (including phenoxy) is 2. The molecular formula is C23H21ClINO2. The lowest BCUT2D eigenvalue weighted by Gasteiger charge is -2.15. The third-order valence-electron chi connectivity index (χ3n) is 4.15. The Balaban J connectivity index is 1.85. The minimum atomic E-state index is 0.492. The van der Waals surface area contributed by atoms with Crippen molar-refractivity contribution >= 4 is 46.1 Å². The molecule has 0 atom stereocenters. The molecular weight excluding hydrogens is 485 g/mol. The molecule has 3 aromatic rings. The Labute approximate surface area is 184 Å². The Bertz CT molecular complexity index is 974. The van der Waals surface area contributed by atoms with Crippen LogP contribution in [0.5, 0.6) is 11.5 Å². The van der Waals surface area contributed by atoms with E-state index in [1.807, 2.05) is 80.7 Å². The van der Waals surface area contributed by atoms with Gasteiger partial charge in [0.05, 0.1) is 15.9 Å². The standard InChI is InChI=1S/C23H21ClINO2/c1-3-27-22-13-18(14-26-21-11-7-10-19(24)16(21)2)12-20(25)23(22)28-15-17-8-5-4-6-9-17/h4-14H,3,15H2,1-2H3. The summed E-state index contributed by atoms with van der Waals surface area (Å²) >= 11 is 8.45. The van der Waals surface area contributed by atoms with Crippen molar-refractivity contribution < 1.29 is 9.47 Å². The maximum atomic E-state index is 6.18. The van der Waals surface area contributed by atoms with E-state index in [1.165, 1.54) is 0 Å². The zero-order valence-electron chi connectivity index (χ0n) is 15.8. The smallest absolute Gasteiger partial charge is 0.175 e. The van der Waals surface area contributed by atoms with E-state index < -0.39 is 0 Å². The van der Waals surface area contributed by atoms with Crippen molar-refractivity contribution in [3.8, 4) is 11.5 Å². The number of nitrogens with zero attached hydrogens (tertiary/aromatic N) is 1. The summed E-state index contributed by atoms with van der Waals surface area (Å²) in [6, 6.07) is 19.8. The Morgan fingerprint density at radius 1 is 1.04 bits per heavy atom. The van der Waals surface area contributed by atoms with Crippen LogP contribution in [-0.2, 0) is 6.61 Å². The summed E-state index contributed by atoms with van der Waals surface area (Å²) in [4.78, 5) is 4.59. The van der Waals surface area contributed by atoms with Crippen LogP contribution in [0.15, 0.2) is 65.7 Å². The van der Waals surface area contributed by atoms with Crippen LogP contribution in [0, 0.1) is 10.5 Å². The lowest BCUT2D eigenvalue weighted by Crippen LogP contribution is -2.02. The number of hydrogen-bond acceptors (Lipinski definition) is 3. The van der Waals surface area contributed by atoms with Crippen molar-refractivity contribution in [1.82, 2.24) is 0 Å². The van der Waals surface area contributed by atoms with Gasteiger partial charge in [-0.25, -0.2) is 0 Å². The van der Waals surface area contributed by atoms with Gasteiger partial charge in [-0.05, 0) is 77.4 Å². The van der Waals surface area contributed by atoms with Crippen molar-refractivity contribution in [3.63, 3.8) is 0 Å². The average molecular weight is 506 g/mol. The summed E-state index contributed by atoms with van der Waals surface area (Å²) in [5.74, 6) is 1.47. The van der Waals surface area contributed by atoms with Gasteiger partial charge in [-0.2, -0.15) is 0 Å². The fourth-order valence-electron chi connectivity index (χ4n) is 2.68. The van der Waals surface area contributed by atoms with Gasteiger partial charge >= 0.3 is 0 Å². The number of benzene rings is 3. The maximum absolute atomic E-state index is 6.18. The summed E-state index contributed by atoms with van der Waals surface area (Å²) in [6.45, 7) is 4.98. The van der Waals surface area contributed by atoms with Gasteiger partial charge in [-0.1, -0.05) is 48.0 Å². The molecule has 0 N–H and O–H groups in total. The van der Waals surface area contributed by atoms with Gasteiger partial charge < -0.3 is 9.47 Å². The average Bonchev–Trinajstić information content (AvgIpc) is 2.69. The molecule has 0 aliphatic rings. The molecule has 0 unspecified atom stereocenters. The second kappa shape index (κ2) is 9.94. The number of rotatable bonds is 7. The van der Waals surface area contributed by atoms with E-state index in [-0.39, 0.29) is 0 Å². The first-order valence-electron chi connectivity index (χ1n) is 9.00. The predicted octanol–water partition coefficient (Wildman–Crippen LogP) is 6.98. The van der Waals surface area contributed by atoms with E-state index in [1.54, 1.807) is 0 Å². The Kier molecular flexibility index (Phi) is 7.34. The first-order valence-corrected chi connectivity index (χ1v) is 10.5. The molecule has 0 spiro atoms. The van der Waals surface area contributed by atoms with Gasteiger partial charge in [0, 0.05) is 11.2 Å². The molecule has 0 saturated heterocycles. The van der Waals surface area contributed by atoms with Crippen LogP contribution < -0.4 is 9.47 Å². The zero-order valence-corrected chi connectivity index (χ0v) is 18.7. The van der Waals surface area contributed by atoms with Gasteiger partial charge in [0.25, 0.3) is 0 Å². The molecule has 0 radical (unpaired) electrons. The van der Waals surface area contributed by atoms with Crippen LogP contribution in [0.1, 0.15) is 23.6 Å². The van der Waals surface area contributed by atoms with Gasteiger partial charge in [-0.3, -0.25) is 4.99 Å². The first-order chi connectivity index (χ1) is 13.6. The van der Waals surface area contributed by atoms with Crippen LogP contribution in [0.25, 0.3) is 0 Å². The highest BCUT2D eigenvalue weighted by atomic mass is 127. The minimum absolute atomic E-state index is 0.492. The summed E-state index contributed by atoms with van der Waals surface area (Å²) in [5.41, 5.74) is 3.87. The van der Waals surface area contributed by atoms with Gasteiger partial charge in [0.15, 0.2) is 11.5 Å². The largest absolute Gasteiger partial charge is 0.490 e. The van der Waals surface area contributed by atoms with Crippen molar-refractivity contribution in [1.29, 1.82) is 0 Å². The van der Waals surface area contributed by atoms with Crippen molar-refractivity contribution in [2.45, 2.75) is 20.5 Å². The van der Waals surface area contributed by atoms with Gasteiger partial charge in [0.1, 0.15) is 6.61 Å². The van der Waals surface area contributed by atoms with Gasteiger partial charge in [-0.15, -0.1) is 0 Å². The van der Waals surface area contributed by atoms with E-state index in [0.29, 0.717) is 18.2 Å². The fraction of sp³-hybridized carbons (Fsp3) is 0.174. The van der Waals surface area contributed by atoms with Crippen molar-refractivity contribution in [2.75, 3.05) is 6.61 Å². The molecule has 0 bridgehead atoms. The quantitative estimate of drug-likeness (QED) is 0.256. The Morgan fingerprint density at radius 3 is 2.57 bits per heavy atom. The van der Waals surface area contributed by atoms with Crippen LogP contribution >= 0.6 is 34.2 Å². The molecule has 0 heterocycles. The topological polar surface area (TPSA) is 30.8 Å². The predicted molar refractivity (Wildman–Crippen MR) is 125 cm³/mol. The molecule has 0 aliphatic carbocycles. The summed E-state index contributed by atoms with van der Waals surface area (Å²) in [6.07, 6.45) is 1.82. The monoisotopic (exact) mass is 505 g/mol. The fourth-order valence-corrected chi connectivity index (χ4v) is 3.63. The van der Waals surface area contributed by atoms with E-state index in [9.17, 15) is 0 Å². The minimum Gasteiger partial charge on any atom is -0.490 e. The number of halogens is 2. The lowest BCUT2D eigenvalue weighted by molar-refractivity contribution is 0.267. The molecule has 144 valence electrons. The Morgan fingerprint density at radius 2 is 1.82 bits per heavy atom. The summed E-state index contributed by atoms with van der Waals surface area (Å²) in [5, 5.41) is 0.712. The molecule has 3 nitrogen and oxygen atoms in total. The first kappa shape index (κ1) is 20.7. The third kappa shape index (κ3) is 5.26. The SMILES string of the molecule is CCOc1cc(C=Nc2cccc(Cl)c2C)cc(I)c1OCc1ccccc1. The molecule has 3 aromatic carbocycles. The van der Waals surface area contributed by atoms with Crippen LogP contribution in [0.2, 0.25) is 5.02 Å². The number of hydrogen-bond donors (Lipinski definition) is 0. The van der Waals surface area contributed by atoms with Crippen molar-refractivity contribution in [3.05, 3.63) is 85.9 Å². The highest BCUT2D eigenvalue weighted by Gasteiger charge is 2.12. The van der Waals surface area contributed by atoms with E-state index >= 15 is 0 Å². The summed E-state index contributed by atoms with van der Waals surface area (Å²) in [7, 11) is 0. The molecule has 28 heavy (non-hydrogen) atoms. The Hall–Kier alpha value is -2.05. The van der Waals surface area contributed by atoms with E-state index in [4.69, 9.17) is 21.1 Å². The van der Waals surface area contributed by atoms with Crippen LogP contribution in [0.3, 0.4) is 0 Å². The molecule has 0 aromatic heterocycles. The van der Waals surface area contributed by atoms with Crippen LogP contribution in [-0.4, -0.2) is 12.8 Å². The highest BCUT2D eigenvalue weighted by Crippen LogP contribution is 2.35. The van der Waals surface area contributed by atoms with E-state index in [0.717, 1.165) is 37.4 Å². The van der Waals surface area contributed by atoms with Crippen LogP contribution in [0.4, 0.5) is 5.69 Å². The molecule has 0 saturated carbocycles. The molecule has 0 aliphatic heterocycles. The second-order valence-corrected chi connectivity index (χ2v) is 7.75. The summed E-state index contributed by atoms with van der Waals surface area (Å²) < 4.78 is 12.9. The molecule has 0 fully saturated rings. The molecule has 0 amide bonds. The third-order valence-corrected chi connectivity index (χ3v) is 5.36. The molecule has 5 heteroatoms. The van der Waals surface area contributed by atoms with Crippen molar-refractivity contribution in [2.24, 2.45) is 4.99 Å². The van der Waals surface area contributed by atoms with E-state index in [2.05, 4.69) is 27.6 Å². The number of aliphatic imine (C=N–C) groups is 1. The van der Waals surface area contributed by atoms with Gasteiger partial charge in [0.2, 0.25) is 0 Å². The highest BCUT2D eigenvalue weighted by molar-refractivity contribution is 14.1. The maximum Gasteiger partial charge on any atom is 0.175 e. The molecule has 3 rings (SSSR count). The lowest BCUT2D eigenvalue weighted by atomic mass is 10.2. The second-order valence-electron chi connectivity index (χ2n) is 6.18.